The smallest absolute Gasteiger partial charge is 0.238 e. The summed E-state index contributed by atoms with van der Waals surface area (Å²) in [5.41, 5.74) is 1.54. The number of carbonyl (C=O) groups is 1. The Kier molecular flexibility index (Phi) is 6.65. The number of hydrogen-bond donors (Lipinski definition) is 2. The van der Waals surface area contributed by atoms with Crippen molar-refractivity contribution in [2.75, 3.05) is 44.0 Å². The Morgan fingerprint density at radius 1 is 1.19 bits per heavy atom. The lowest BCUT2D eigenvalue weighted by atomic mass is 10.2. The first-order valence-electron chi connectivity index (χ1n) is 9.97. The van der Waals surface area contributed by atoms with Crippen molar-refractivity contribution >= 4 is 23.2 Å². The number of anilines is 3. The molecular formula is C22H24N6O3. The molecule has 160 valence electrons. The highest BCUT2D eigenvalue weighted by Crippen LogP contribution is 2.23. The molecule has 1 unspecified atom stereocenters. The minimum atomic E-state index is -0.217. The maximum absolute atomic E-state index is 12.5. The van der Waals surface area contributed by atoms with Crippen molar-refractivity contribution in [2.45, 2.75) is 6.10 Å². The molecule has 0 spiro atoms. The van der Waals surface area contributed by atoms with Crippen LogP contribution in [0.15, 0.2) is 61.1 Å². The van der Waals surface area contributed by atoms with Gasteiger partial charge in [-0.2, -0.15) is 0 Å². The van der Waals surface area contributed by atoms with E-state index >= 15 is 0 Å². The number of methoxy groups -OCH3 is 1. The van der Waals surface area contributed by atoms with Crippen molar-refractivity contribution in [1.29, 1.82) is 0 Å². The highest BCUT2D eigenvalue weighted by atomic mass is 16.5. The number of pyridine rings is 1. The quantitative estimate of drug-likeness (QED) is 0.602. The lowest BCUT2D eigenvalue weighted by Crippen LogP contribution is -2.42. The van der Waals surface area contributed by atoms with E-state index in [1.807, 2.05) is 42.5 Å². The van der Waals surface area contributed by atoms with Gasteiger partial charge in [-0.15, -0.1) is 0 Å². The van der Waals surface area contributed by atoms with Gasteiger partial charge in [0.2, 0.25) is 5.91 Å². The van der Waals surface area contributed by atoms with Gasteiger partial charge in [-0.05, 0) is 36.4 Å². The van der Waals surface area contributed by atoms with Crippen molar-refractivity contribution in [1.82, 2.24) is 19.9 Å². The Hall–Kier alpha value is -3.56. The van der Waals surface area contributed by atoms with Crippen LogP contribution in [-0.4, -0.2) is 59.1 Å². The fraction of sp³-hybridized carbons (Fsp3) is 0.273. The van der Waals surface area contributed by atoms with Crippen LogP contribution in [0.3, 0.4) is 0 Å². The van der Waals surface area contributed by atoms with E-state index in [-0.39, 0.29) is 18.6 Å². The Bertz CT molecular complexity index is 1000. The average molecular weight is 420 g/mol. The van der Waals surface area contributed by atoms with Crippen LogP contribution in [0, 0.1) is 0 Å². The molecule has 3 heterocycles. The number of morpholine rings is 1. The molecule has 1 aliphatic heterocycles. The van der Waals surface area contributed by atoms with Gasteiger partial charge < -0.3 is 20.1 Å². The zero-order valence-corrected chi connectivity index (χ0v) is 17.2. The van der Waals surface area contributed by atoms with Gasteiger partial charge in [0.15, 0.2) is 0 Å². The largest absolute Gasteiger partial charge is 0.497 e. The van der Waals surface area contributed by atoms with Crippen LogP contribution in [0.5, 0.6) is 5.75 Å². The van der Waals surface area contributed by atoms with Gasteiger partial charge in [-0.3, -0.25) is 14.7 Å². The van der Waals surface area contributed by atoms with Gasteiger partial charge in [-0.1, -0.05) is 6.07 Å². The summed E-state index contributed by atoms with van der Waals surface area (Å²) in [6, 6.07) is 13.0. The van der Waals surface area contributed by atoms with Crippen LogP contribution in [0.4, 0.5) is 17.3 Å². The van der Waals surface area contributed by atoms with Crippen LogP contribution in [0.2, 0.25) is 0 Å². The lowest BCUT2D eigenvalue weighted by Gasteiger charge is -2.32. The third kappa shape index (κ3) is 5.74. The highest BCUT2D eigenvalue weighted by molar-refractivity contribution is 5.92. The van der Waals surface area contributed by atoms with E-state index in [1.54, 1.807) is 25.7 Å². The van der Waals surface area contributed by atoms with Crippen molar-refractivity contribution in [3.63, 3.8) is 0 Å². The van der Waals surface area contributed by atoms with Crippen molar-refractivity contribution < 1.29 is 14.3 Å². The topological polar surface area (TPSA) is 102 Å². The molecule has 0 saturated carbocycles. The fourth-order valence-electron chi connectivity index (χ4n) is 3.30. The number of carbonyl (C=O) groups excluding carboxylic acids is 1. The zero-order chi connectivity index (χ0) is 21.5. The van der Waals surface area contributed by atoms with E-state index in [0.29, 0.717) is 31.3 Å². The minimum Gasteiger partial charge on any atom is -0.497 e. The average Bonchev–Trinajstić information content (AvgIpc) is 2.80. The number of hydrogen-bond acceptors (Lipinski definition) is 8. The Morgan fingerprint density at radius 2 is 2.06 bits per heavy atom. The molecule has 31 heavy (non-hydrogen) atoms. The maximum Gasteiger partial charge on any atom is 0.238 e. The number of amides is 1. The Balaban J connectivity index is 1.34. The molecule has 1 fully saturated rings. The van der Waals surface area contributed by atoms with E-state index in [1.165, 1.54) is 0 Å². The molecule has 0 aliphatic carbocycles. The second kappa shape index (κ2) is 9.96. The molecule has 1 saturated heterocycles. The second-order valence-corrected chi connectivity index (χ2v) is 7.03. The Labute approximate surface area is 180 Å². The number of rotatable bonds is 7. The van der Waals surface area contributed by atoms with Gasteiger partial charge in [-0.25, -0.2) is 9.97 Å². The molecule has 1 aromatic carbocycles. The first-order valence-corrected chi connectivity index (χ1v) is 9.97. The fourth-order valence-corrected chi connectivity index (χ4v) is 3.30. The van der Waals surface area contributed by atoms with E-state index in [0.717, 1.165) is 17.1 Å². The van der Waals surface area contributed by atoms with Gasteiger partial charge >= 0.3 is 0 Å². The van der Waals surface area contributed by atoms with Crippen LogP contribution in [0.25, 0.3) is 0 Å². The maximum atomic E-state index is 12.5. The monoisotopic (exact) mass is 420 g/mol. The third-order valence-electron chi connectivity index (χ3n) is 4.81. The molecule has 9 heteroatoms. The summed E-state index contributed by atoms with van der Waals surface area (Å²) in [5.74, 6) is 1.96. The molecule has 0 bridgehead atoms. The molecule has 4 rings (SSSR count). The van der Waals surface area contributed by atoms with Crippen molar-refractivity contribution in [3.8, 4) is 5.75 Å². The first-order chi connectivity index (χ1) is 15.2. The molecule has 2 N–H and O–H groups in total. The number of ether oxygens (including phenoxy) is 2. The van der Waals surface area contributed by atoms with Gasteiger partial charge in [0.05, 0.1) is 32.2 Å². The van der Waals surface area contributed by atoms with E-state index in [2.05, 4.69) is 30.5 Å². The third-order valence-corrected chi connectivity index (χ3v) is 4.81. The molecule has 9 nitrogen and oxygen atoms in total. The predicted octanol–water partition coefficient (Wildman–Crippen LogP) is 2.64. The molecule has 1 atom stereocenters. The summed E-state index contributed by atoms with van der Waals surface area (Å²) in [6.07, 6.45) is 4.65. The summed E-state index contributed by atoms with van der Waals surface area (Å²) in [5, 5.41) is 6.05. The zero-order valence-electron chi connectivity index (χ0n) is 17.2. The SMILES string of the molecule is COc1ccc(NC(=O)CN2CCOC(c3cccc(Nc4cnccn4)n3)C2)cc1. The van der Waals surface area contributed by atoms with Crippen LogP contribution < -0.4 is 15.4 Å². The van der Waals surface area contributed by atoms with Crippen molar-refractivity contribution in [2.24, 2.45) is 0 Å². The molecule has 1 amide bonds. The number of benzene rings is 1. The number of aromatic nitrogens is 3. The summed E-state index contributed by atoms with van der Waals surface area (Å²) in [7, 11) is 1.61. The second-order valence-electron chi connectivity index (χ2n) is 7.03. The summed E-state index contributed by atoms with van der Waals surface area (Å²) < 4.78 is 11.1. The van der Waals surface area contributed by atoms with Gasteiger partial charge in [0.25, 0.3) is 0 Å². The van der Waals surface area contributed by atoms with Crippen LogP contribution in [-0.2, 0) is 9.53 Å². The highest BCUT2D eigenvalue weighted by Gasteiger charge is 2.24. The molecule has 0 radical (unpaired) electrons. The van der Waals surface area contributed by atoms with Crippen LogP contribution >= 0.6 is 0 Å². The van der Waals surface area contributed by atoms with Gasteiger partial charge in [0, 0.05) is 31.2 Å². The molecular weight excluding hydrogens is 396 g/mol. The van der Waals surface area contributed by atoms with Gasteiger partial charge in [0.1, 0.15) is 23.5 Å². The molecule has 1 aliphatic rings. The molecule has 3 aromatic rings. The van der Waals surface area contributed by atoms with E-state index in [4.69, 9.17) is 9.47 Å². The number of nitrogens with zero attached hydrogens (tertiary/aromatic N) is 4. The van der Waals surface area contributed by atoms with E-state index < -0.39 is 0 Å². The number of nitrogens with one attached hydrogen (secondary N) is 2. The van der Waals surface area contributed by atoms with E-state index in [9.17, 15) is 4.79 Å². The summed E-state index contributed by atoms with van der Waals surface area (Å²) in [4.78, 5) is 27.4. The Morgan fingerprint density at radius 3 is 2.84 bits per heavy atom. The normalized spacial score (nSPS) is 16.5. The molecule has 2 aromatic heterocycles. The first kappa shape index (κ1) is 20.7. The van der Waals surface area contributed by atoms with Crippen molar-refractivity contribution in [3.05, 3.63) is 66.7 Å². The predicted molar refractivity (Wildman–Crippen MR) is 116 cm³/mol. The lowest BCUT2D eigenvalue weighted by molar-refractivity contribution is -0.119. The summed E-state index contributed by atoms with van der Waals surface area (Å²) >= 11 is 0. The summed E-state index contributed by atoms with van der Waals surface area (Å²) in [6.45, 7) is 2.08. The standard InChI is InChI=1S/C22H24N6O3/c1-30-17-7-5-16(6-8-17)25-22(29)15-28-11-12-31-19(14-28)18-3-2-4-20(26-18)27-21-13-23-9-10-24-21/h2-10,13,19H,11-12,14-15H2,1H3,(H,25,29)(H,24,26,27). The van der Waals surface area contributed by atoms with Crippen LogP contribution in [0.1, 0.15) is 11.8 Å². The minimum absolute atomic E-state index is 0.0724.